The summed E-state index contributed by atoms with van der Waals surface area (Å²) in [6.07, 6.45) is 1.02. The van der Waals surface area contributed by atoms with E-state index in [1.54, 1.807) is 7.11 Å². The summed E-state index contributed by atoms with van der Waals surface area (Å²) < 4.78 is 6.37. The number of benzene rings is 1. The van der Waals surface area contributed by atoms with E-state index in [0.29, 0.717) is 0 Å². The third-order valence-corrected chi connectivity index (χ3v) is 3.74. The zero-order chi connectivity index (χ0) is 12.7. The second-order valence-electron chi connectivity index (χ2n) is 3.87. The summed E-state index contributed by atoms with van der Waals surface area (Å²) in [6.45, 7) is 5.15. The molecule has 0 heterocycles. The largest absolute Gasteiger partial charge is 0.497 e. The minimum Gasteiger partial charge on any atom is -0.497 e. The van der Waals surface area contributed by atoms with Gasteiger partial charge in [-0.25, -0.2) is 0 Å². The van der Waals surface area contributed by atoms with Gasteiger partial charge < -0.3 is 4.74 Å². The van der Waals surface area contributed by atoms with Crippen LogP contribution >= 0.6 is 27.5 Å². The van der Waals surface area contributed by atoms with Gasteiger partial charge in [0.15, 0.2) is 0 Å². The molecule has 0 unspecified atom stereocenters. The molecule has 0 atom stereocenters. The van der Waals surface area contributed by atoms with Crippen LogP contribution < -0.4 is 4.74 Å². The molecule has 96 valence electrons. The minimum absolute atomic E-state index is 0.718. The van der Waals surface area contributed by atoms with Crippen LogP contribution in [0.1, 0.15) is 18.9 Å². The van der Waals surface area contributed by atoms with Crippen LogP contribution in [0.2, 0.25) is 0 Å². The van der Waals surface area contributed by atoms with E-state index in [0.717, 1.165) is 42.2 Å². The molecule has 0 fully saturated rings. The van der Waals surface area contributed by atoms with Gasteiger partial charge in [0.05, 0.1) is 7.11 Å². The minimum atomic E-state index is 0.718. The Bertz CT molecular complexity index is 346. The summed E-state index contributed by atoms with van der Waals surface area (Å²) in [5.41, 5.74) is 1.25. The van der Waals surface area contributed by atoms with Gasteiger partial charge in [-0.2, -0.15) is 0 Å². The summed E-state index contributed by atoms with van der Waals surface area (Å²) in [5.74, 6) is 1.62. The number of ether oxygens (including phenoxy) is 1. The van der Waals surface area contributed by atoms with Crippen LogP contribution in [-0.2, 0) is 6.54 Å². The average molecular weight is 321 g/mol. The van der Waals surface area contributed by atoms with Gasteiger partial charge in [-0.1, -0.05) is 22.9 Å². The van der Waals surface area contributed by atoms with E-state index in [1.165, 1.54) is 5.56 Å². The van der Waals surface area contributed by atoms with E-state index >= 15 is 0 Å². The first-order valence-electron chi connectivity index (χ1n) is 5.82. The molecule has 1 aromatic carbocycles. The van der Waals surface area contributed by atoms with Crippen LogP contribution in [0.3, 0.4) is 0 Å². The summed E-state index contributed by atoms with van der Waals surface area (Å²) in [4.78, 5) is 2.38. The highest BCUT2D eigenvalue weighted by Gasteiger charge is 2.07. The first-order chi connectivity index (χ1) is 8.21. The zero-order valence-electron chi connectivity index (χ0n) is 10.4. The molecule has 0 spiro atoms. The molecule has 0 aliphatic rings. The van der Waals surface area contributed by atoms with Gasteiger partial charge in [-0.15, -0.1) is 11.6 Å². The molecule has 0 aromatic heterocycles. The van der Waals surface area contributed by atoms with E-state index in [2.05, 4.69) is 33.8 Å². The molecule has 17 heavy (non-hydrogen) atoms. The van der Waals surface area contributed by atoms with Crippen LogP contribution in [-0.4, -0.2) is 31.0 Å². The molecule has 1 rings (SSSR count). The Morgan fingerprint density at radius 1 is 1.41 bits per heavy atom. The molecule has 0 saturated heterocycles. The Morgan fingerprint density at radius 2 is 2.18 bits per heavy atom. The topological polar surface area (TPSA) is 12.5 Å². The molecule has 0 bridgehead atoms. The van der Waals surface area contributed by atoms with Crippen molar-refractivity contribution in [3.05, 3.63) is 28.2 Å². The lowest BCUT2D eigenvalue weighted by molar-refractivity contribution is 0.280. The number of nitrogens with zero attached hydrogens (tertiary/aromatic N) is 1. The lowest BCUT2D eigenvalue weighted by atomic mass is 10.2. The first-order valence-corrected chi connectivity index (χ1v) is 7.14. The van der Waals surface area contributed by atoms with E-state index in [9.17, 15) is 0 Å². The SMILES string of the molecule is CCN(CCCCl)Cc1cc(OC)ccc1Br. The second-order valence-corrected chi connectivity index (χ2v) is 5.10. The van der Waals surface area contributed by atoms with Crippen molar-refractivity contribution in [1.82, 2.24) is 4.90 Å². The fraction of sp³-hybridized carbons (Fsp3) is 0.538. The monoisotopic (exact) mass is 319 g/mol. The van der Waals surface area contributed by atoms with Crippen molar-refractivity contribution in [1.29, 1.82) is 0 Å². The van der Waals surface area contributed by atoms with Crippen molar-refractivity contribution < 1.29 is 4.74 Å². The van der Waals surface area contributed by atoms with Gasteiger partial charge in [-0.3, -0.25) is 4.90 Å². The number of rotatable bonds is 7. The van der Waals surface area contributed by atoms with Crippen molar-refractivity contribution in [2.45, 2.75) is 19.9 Å². The molecule has 1 aromatic rings. The first kappa shape index (κ1) is 14.8. The number of alkyl halides is 1. The number of hydrogen-bond acceptors (Lipinski definition) is 2. The maximum absolute atomic E-state index is 5.73. The zero-order valence-corrected chi connectivity index (χ0v) is 12.7. The maximum Gasteiger partial charge on any atom is 0.119 e. The Hall–Kier alpha value is -0.250. The maximum atomic E-state index is 5.73. The highest BCUT2D eigenvalue weighted by molar-refractivity contribution is 9.10. The van der Waals surface area contributed by atoms with Crippen LogP contribution in [0.4, 0.5) is 0 Å². The highest BCUT2D eigenvalue weighted by Crippen LogP contribution is 2.23. The van der Waals surface area contributed by atoms with Gasteiger partial charge in [0.25, 0.3) is 0 Å². The number of halogens is 2. The van der Waals surface area contributed by atoms with Crippen molar-refractivity contribution in [2.75, 3.05) is 26.1 Å². The molecule has 0 saturated carbocycles. The lowest BCUT2D eigenvalue weighted by Gasteiger charge is -2.21. The molecule has 0 amide bonds. The molecule has 0 N–H and O–H groups in total. The third kappa shape index (κ3) is 4.86. The van der Waals surface area contributed by atoms with E-state index in [-0.39, 0.29) is 0 Å². The van der Waals surface area contributed by atoms with Crippen molar-refractivity contribution in [2.24, 2.45) is 0 Å². The highest BCUT2D eigenvalue weighted by atomic mass is 79.9. The molecule has 2 nitrogen and oxygen atoms in total. The molecule has 0 aliphatic carbocycles. The normalized spacial score (nSPS) is 10.9. The van der Waals surface area contributed by atoms with E-state index in [1.807, 2.05) is 12.1 Å². The van der Waals surface area contributed by atoms with Crippen molar-refractivity contribution >= 4 is 27.5 Å². The standard InChI is InChI=1S/C13H19BrClNO/c1-3-16(8-4-7-15)10-11-9-12(17-2)5-6-13(11)14/h5-6,9H,3-4,7-8,10H2,1-2H3. The van der Waals surface area contributed by atoms with Crippen LogP contribution in [0, 0.1) is 0 Å². The summed E-state index contributed by atoms with van der Waals surface area (Å²) in [6, 6.07) is 6.07. The van der Waals surface area contributed by atoms with E-state index < -0.39 is 0 Å². The predicted octanol–water partition coefficient (Wildman–Crippen LogP) is 3.91. The molecular formula is C13H19BrClNO. The molecular weight excluding hydrogens is 302 g/mol. The van der Waals surface area contributed by atoms with Gasteiger partial charge in [0.2, 0.25) is 0 Å². The summed E-state index contributed by atoms with van der Waals surface area (Å²) in [7, 11) is 1.69. The third-order valence-electron chi connectivity index (χ3n) is 2.70. The Labute approximate surface area is 117 Å². The number of hydrogen-bond donors (Lipinski definition) is 0. The smallest absolute Gasteiger partial charge is 0.119 e. The van der Waals surface area contributed by atoms with Gasteiger partial charge in [0, 0.05) is 16.9 Å². The Kier molecular flexibility index (Phi) is 6.93. The molecule has 4 heteroatoms. The lowest BCUT2D eigenvalue weighted by Crippen LogP contribution is -2.24. The molecule has 0 aliphatic heterocycles. The Morgan fingerprint density at radius 3 is 2.76 bits per heavy atom. The van der Waals surface area contributed by atoms with E-state index in [4.69, 9.17) is 16.3 Å². The van der Waals surface area contributed by atoms with Crippen molar-refractivity contribution in [3.63, 3.8) is 0 Å². The average Bonchev–Trinajstić information content (AvgIpc) is 2.36. The summed E-state index contributed by atoms with van der Waals surface area (Å²) in [5, 5.41) is 0. The second kappa shape index (κ2) is 7.96. The van der Waals surface area contributed by atoms with Crippen LogP contribution in [0.5, 0.6) is 5.75 Å². The van der Waals surface area contributed by atoms with Gasteiger partial charge in [0.1, 0.15) is 5.75 Å². The fourth-order valence-corrected chi connectivity index (χ4v) is 2.16. The van der Waals surface area contributed by atoms with Gasteiger partial charge in [-0.05, 0) is 43.3 Å². The van der Waals surface area contributed by atoms with Gasteiger partial charge >= 0.3 is 0 Å². The van der Waals surface area contributed by atoms with Crippen LogP contribution in [0.25, 0.3) is 0 Å². The van der Waals surface area contributed by atoms with Crippen molar-refractivity contribution in [3.8, 4) is 5.75 Å². The van der Waals surface area contributed by atoms with Crippen LogP contribution in [0.15, 0.2) is 22.7 Å². The predicted molar refractivity (Wildman–Crippen MR) is 77.0 cm³/mol. The summed E-state index contributed by atoms with van der Waals surface area (Å²) >= 11 is 9.31. The quantitative estimate of drug-likeness (QED) is 0.706. The molecule has 0 radical (unpaired) electrons. The number of methoxy groups -OCH3 is 1. The Balaban J connectivity index is 2.70. The fourth-order valence-electron chi connectivity index (χ4n) is 1.67.